The fraction of sp³-hybridized carbons (Fsp3) is 0.963. The number of nitrogens with one attached hydrogen (secondary N) is 2. The van der Waals surface area contributed by atoms with Crippen molar-refractivity contribution in [2.75, 3.05) is 92.4 Å². The second-order valence-corrected chi connectivity index (χ2v) is 9.17. The molecule has 3 atom stereocenters. The molecule has 0 aliphatic rings. The topological polar surface area (TPSA) is 96.5 Å². The van der Waals surface area contributed by atoms with Gasteiger partial charge < -0.3 is 39.1 Å². The number of alkyl halides is 1. The molecule has 0 fully saturated rings. The summed E-state index contributed by atoms with van der Waals surface area (Å²) in [6.45, 7) is 14.5. The molecular weight excluding hydrogens is 483 g/mol. The summed E-state index contributed by atoms with van der Waals surface area (Å²) in [5.74, 6) is -0.203. The number of hydrogen-bond acceptors (Lipinski definition) is 8. The Morgan fingerprint density at radius 1 is 0.703 bits per heavy atom. The van der Waals surface area contributed by atoms with Crippen LogP contribution in [0, 0.1) is 5.92 Å². The van der Waals surface area contributed by atoms with Crippen molar-refractivity contribution in [1.29, 1.82) is 0 Å². The molecule has 0 aromatic heterocycles. The van der Waals surface area contributed by atoms with Crippen molar-refractivity contribution in [2.24, 2.45) is 5.92 Å². The Balaban J connectivity index is 3.23. The minimum Gasteiger partial charge on any atom is -0.378 e. The molecule has 1 amide bonds. The summed E-state index contributed by atoms with van der Waals surface area (Å²) in [5.41, 5.74) is 0. The SMILES string of the molecule is CCCCC(C)NCCOCCOCCOCCOCCOCCOCC(F)CNC(=O)C(C)CCC. The lowest BCUT2D eigenvalue weighted by Crippen LogP contribution is -2.35. The highest BCUT2D eigenvalue weighted by atomic mass is 19.1. The Bertz CT molecular complexity index is 492. The van der Waals surface area contributed by atoms with E-state index in [9.17, 15) is 9.18 Å². The van der Waals surface area contributed by atoms with Gasteiger partial charge in [0, 0.05) is 18.5 Å². The first-order valence-electron chi connectivity index (χ1n) is 14.1. The molecule has 0 heterocycles. The zero-order valence-electron chi connectivity index (χ0n) is 23.9. The maximum absolute atomic E-state index is 13.8. The highest BCUT2D eigenvalue weighted by molar-refractivity contribution is 5.78. The predicted octanol–water partition coefficient (Wildman–Crippen LogP) is 3.14. The number of unbranched alkanes of at least 4 members (excludes halogenated alkanes) is 1. The fourth-order valence-electron chi connectivity index (χ4n) is 3.31. The van der Waals surface area contributed by atoms with Crippen LogP contribution in [0.15, 0.2) is 0 Å². The largest absolute Gasteiger partial charge is 0.378 e. The molecule has 0 spiro atoms. The summed E-state index contributed by atoms with van der Waals surface area (Å²) in [4.78, 5) is 11.8. The second kappa shape index (κ2) is 28.1. The molecule has 0 aromatic rings. The molecule has 2 N–H and O–H groups in total. The Kier molecular flexibility index (Phi) is 27.5. The van der Waals surface area contributed by atoms with E-state index >= 15 is 0 Å². The molecule has 37 heavy (non-hydrogen) atoms. The van der Waals surface area contributed by atoms with E-state index in [-0.39, 0.29) is 25.0 Å². The molecule has 0 saturated carbocycles. The van der Waals surface area contributed by atoms with Gasteiger partial charge in [-0.15, -0.1) is 0 Å². The van der Waals surface area contributed by atoms with Gasteiger partial charge in [-0.05, 0) is 19.8 Å². The van der Waals surface area contributed by atoms with Crippen LogP contribution in [-0.2, 0) is 33.2 Å². The smallest absolute Gasteiger partial charge is 0.222 e. The van der Waals surface area contributed by atoms with Gasteiger partial charge >= 0.3 is 0 Å². The van der Waals surface area contributed by atoms with Crippen molar-refractivity contribution in [3.8, 4) is 0 Å². The Morgan fingerprint density at radius 3 is 1.68 bits per heavy atom. The average molecular weight is 539 g/mol. The van der Waals surface area contributed by atoms with Gasteiger partial charge in [0.25, 0.3) is 0 Å². The summed E-state index contributed by atoms with van der Waals surface area (Å²) in [5, 5.41) is 6.07. The first-order chi connectivity index (χ1) is 18.0. The van der Waals surface area contributed by atoms with E-state index in [0.29, 0.717) is 78.7 Å². The predicted molar refractivity (Wildman–Crippen MR) is 144 cm³/mol. The second-order valence-electron chi connectivity index (χ2n) is 9.17. The summed E-state index contributed by atoms with van der Waals surface area (Å²) >= 11 is 0. The first-order valence-corrected chi connectivity index (χ1v) is 14.1. The van der Waals surface area contributed by atoms with Crippen LogP contribution in [0.4, 0.5) is 4.39 Å². The molecule has 222 valence electrons. The van der Waals surface area contributed by atoms with Gasteiger partial charge in [0.1, 0.15) is 6.17 Å². The Labute approximate surface area is 224 Å². The van der Waals surface area contributed by atoms with Crippen LogP contribution in [0.3, 0.4) is 0 Å². The monoisotopic (exact) mass is 538 g/mol. The summed E-state index contributed by atoms with van der Waals surface area (Å²) < 4.78 is 46.3. The molecule has 0 saturated heterocycles. The van der Waals surface area contributed by atoms with Crippen molar-refractivity contribution >= 4 is 5.91 Å². The normalized spacial score (nSPS) is 14.0. The molecular formula is C27H55FN2O7. The lowest BCUT2D eigenvalue weighted by atomic mass is 10.1. The molecule has 0 radical (unpaired) electrons. The molecule has 10 heteroatoms. The third kappa shape index (κ3) is 26.5. The molecule has 0 aliphatic heterocycles. The van der Waals surface area contributed by atoms with Crippen LogP contribution in [0.1, 0.15) is 59.8 Å². The van der Waals surface area contributed by atoms with Crippen molar-refractivity contribution in [3.63, 3.8) is 0 Å². The highest BCUT2D eigenvalue weighted by Gasteiger charge is 2.14. The zero-order valence-corrected chi connectivity index (χ0v) is 23.9. The van der Waals surface area contributed by atoms with E-state index < -0.39 is 6.17 Å². The Hall–Kier alpha value is -0.880. The lowest BCUT2D eigenvalue weighted by Gasteiger charge is -2.14. The van der Waals surface area contributed by atoms with Crippen LogP contribution in [0.25, 0.3) is 0 Å². The molecule has 0 bridgehead atoms. The van der Waals surface area contributed by atoms with Crippen molar-refractivity contribution in [2.45, 2.75) is 72.0 Å². The van der Waals surface area contributed by atoms with Crippen molar-refractivity contribution < 1.29 is 37.6 Å². The van der Waals surface area contributed by atoms with E-state index in [1.807, 2.05) is 13.8 Å². The van der Waals surface area contributed by atoms with Crippen LogP contribution >= 0.6 is 0 Å². The fourth-order valence-corrected chi connectivity index (χ4v) is 3.31. The van der Waals surface area contributed by atoms with Gasteiger partial charge in [0.2, 0.25) is 5.91 Å². The van der Waals surface area contributed by atoms with Crippen LogP contribution < -0.4 is 10.6 Å². The van der Waals surface area contributed by atoms with E-state index in [0.717, 1.165) is 19.4 Å². The van der Waals surface area contributed by atoms with Crippen molar-refractivity contribution in [3.05, 3.63) is 0 Å². The molecule has 3 unspecified atom stereocenters. The van der Waals surface area contributed by atoms with Gasteiger partial charge in [0.05, 0.1) is 85.8 Å². The van der Waals surface area contributed by atoms with Gasteiger partial charge in [-0.1, -0.05) is 40.0 Å². The highest BCUT2D eigenvalue weighted by Crippen LogP contribution is 2.04. The number of amides is 1. The minimum atomic E-state index is -1.23. The summed E-state index contributed by atoms with van der Waals surface area (Å²) in [6.07, 6.45) is 4.21. The van der Waals surface area contributed by atoms with Gasteiger partial charge in [0.15, 0.2) is 0 Å². The van der Waals surface area contributed by atoms with Gasteiger partial charge in [-0.2, -0.15) is 0 Å². The standard InChI is InChI=1S/C27H55FN2O7/c1-5-7-9-25(4)29-10-11-32-12-13-33-14-15-34-16-17-35-18-19-36-20-21-37-23-26(28)22-30-27(31)24(3)8-6-2/h24-26,29H,5-23H2,1-4H3,(H,30,31). The van der Waals surface area contributed by atoms with Gasteiger partial charge in [-0.25, -0.2) is 4.39 Å². The molecule has 0 aromatic carbocycles. The average Bonchev–Trinajstić information content (AvgIpc) is 2.89. The van der Waals surface area contributed by atoms with Crippen LogP contribution in [0.5, 0.6) is 0 Å². The minimum absolute atomic E-state index is 0.0269. The first kappa shape index (κ1) is 36.1. The third-order valence-corrected chi connectivity index (χ3v) is 5.56. The number of carbonyl (C=O) groups excluding carboxylic acids is 1. The van der Waals surface area contributed by atoms with E-state index in [2.05, 4.69) is 24.5 Å². The maximum Gasteiger partial charge on any atom is 0.222 e. The number of halogens is 1. The summed E-state index contributed by atoms with van der Waals surface area (Å²) in [6, 6.07) is 0.544. The lowest BCUT2D eigenvalue weighted by molar-refractivity contribution is -0.125. The third-order valence-electron chi connectivity index (χ3n) is 5.56. The summed E-state index contributed by atoms with van der Waals surface area (Å²) in [7, 11) is 0. The number of carbonyl (C=O) groups is 1. The number of rotatable bonds is 29. The number of hydrogen-bond donors (Lipinski definition) is 2. The molecule has 9 nitrogen and oxygen atoms in total. The Morgan fingerprint density at radius 2 is 1.19 bits per heavy atom. The van der Waals surface area contributed by atoms with Crippen LogP contribution in [0.2, 0.25) is 0 Å². The van der Waals surface area contributed by atoms with E-state index in [4.69, 9.17) is 28.4 Å². The van der Waals surface area contributed by atoms with E-state index in [1.54, 1.807) is 0 Å². The van der Waals surface area contributed by atoms with Crippen LogP contribution in [-0.4, -0.2) is 110 Å². The zero-order chi connectivity index (χ0) is 27.4. The molecule has 0 rings (SSSR count). The quantitative estimate of drug-likeness (QED) is 0.140. The van der Waals surface area contributed by atoms with Crippen molar-refractivity contribution in [1.82, 2.24) is 10.6 Å². The van der Waals surface area contributed by atoms with E-state index in [1.165, 1.54) is 19.3 Å². The van der Waals surface area contributed by atoms with Gasteiger partial charge in [-0.3, -0.25) is 4.79 Å². The molecule has 0 aliphatic carbocycles. The maximum atomic E-state index is 13.8. The number of ether oxygens (including phenoxy) is 6.